The lowest BCUT2D eigenvalue weighted by atomic mass is 10.2. The molecule has 0 saturated carbocycles. The van der Waals surface area contributed by atoms with Crippen LogP contribution in [-0.4, -0.2) is 22.3 Å². The summed E-state index contributed by atoms with van der Waals surface area (Å²) in [5.41, 5.74) is 0.317. The molecule has 3 aromatic rings. The summed E-state index contributed by atoms with van der Waals surface area (Å²) in [5.74, 6) is -1.48. The van der Waals surface area contributed by atoms with Gasteiger partial charge in [-0.25, -0.2) is 0 Å². The van der Waals surface area contributed by atoms with Crippen molar-refractivity contribution in [2.45, 2.75) is 6.18 Å². The van der Waals surface area contributed by atoms with Gasteiger partial charge < -0.3 is 14.2 Å². The lowest BCUT2D eigenvalue weighted by Gasteiger charge is -2.08. The van der Waals surface area contributed by atoms with Crippen LogP contribution in [0.25, 0.3) is 23.1 Å². The number of aromatic nitrogens is 2. The van der Waals surface area contributed by atoms with Crippen molar-refractivity contribution < 1.29 is 26.8 Å². The molecule has 0 radical (unpaired) electrons. The van der Waals surface area contributed by atoms with Gasteiger partial charge in [0.25, 0.3) is 5.89 Å². The van der Waals surface area contributed by atoms with Gasteiger partial charge in [-0.15, -0.1) is 10.2 Å². The average molecular weight is 323 g/mol. The smallest absolute Gasteiger partial charge is 0.459 e. The van der Waals surface area contributed by atoms with E-state index in [4.69, 9.17) is 8.83 Å². The first-order valence-electron chi connectivity index (χ1n) is 6.29. The third-order valence-corrected chi connectivity index (χ3v) is 2.78. The zero-order valence-corrected chi connectivity index (χ0v) is 11.3. The van der Waals surface area contributed by atoms with E-state index < -0.39 is 12.1 Å². The normalized spacial score (nSPS) is 11.4. The fourth-order valence-corrected chi connectivity index (χ4v) is 1.77. The molecule has 9 heteroatoms. The summed E-state index contributed by atoms with van der Waals surface area (Å²) in [5, 5.41) is 9.34. The van der Waals surface area contributed by atoms with Crippen LogP contribution in [0.2, 0.25) is 0 Å². The number of benzene rings is 1. The Hall–Kier alpha value is -3.10. The lowest BCUT2D eigenvalue weighted by Crippen LogP contribution is -2.29. The molecule has 2 aromatic heterocycles. The first kappa shape index (κ1) is 14.8. The number of hydrogen-bond acceptors (Lipinski definition) is 5. The van der Waals surface area contributed by atoms with Gasteiger partial charge in [-0.1, -0.05) is 6.07 Å². The van der Waals surface area contributed by atoms with Gasteiger partial charge in [0.05, 0.1) is 6.26 Å². The van der Waals surface area contributed by atoms with Gasteiger partial charge in [0.2, 0.25) is 5.89 Å². The number of alkyl halides is 3. The molecule has 118 valence electrons. The van der Waals surface area contributed by atoms with E-state index in [1.54, 1.807) is 23.5 Å². The Bertz CT molecular complexity index is 825. The zero-order valence-electron chi connectivity index (χ0n) is 11.3. The predicted octanol–water partition coefficient (Wildman–Crippen LogP) is 3.50. The second-order valence-corrected chi connectivity index (χ2v) is 4.42. The molecule has 1 N–H and O–H groups in total. The highest BCUT2D eigenvalue weighted by Crippen LogP contribution is 2.26. The summed E-state index contributed by atoms with van der Waals surface area (Å²) in [6.45, 7) is 0. The summed E-state index contributed by atoms with van der Waals surface area (Å²) in [4.78, 5) is 10.9. The van der Waals surface area contributed by atoms with Gasteiger partial charge >= 0.3 is 12.1 Å². The number of halogens is 3. The average Bonchev–Trinajstić information content (AvgIpc) is 3.18. The van der Waals surface area contributed by atoms with Gasteiger partial charge in [0.15, 0.2) is 5.76 Å². The van der Waals surface area contributed by atoms with E-state index in [1.807, 2.05) is 0 Å². The maximum Gasteiger partial charge on any atom is 0.471 e. The van der Waals surface area contributed by atoms with Gasteiger partial charge in [-0.3, -0.25) is 4.79 Å². The number of hydrogen-bond donors (Lipinski definition) is 1. The number of amides is 1. The first-order chi connectivity index (χ1) is 10.9. The van der Waals surface area contributed by atoms with E-state index in [-0.39, 0.29) is 17.5 Å². The van der Waals surface area contributed by atoms with Crippen molar-refractivity contribution in [3.63, 3.8) is 0 Å². The number of anilines is 1. The van der Waals surface area contributed by atoms with Crippen molar-refractivity contribution in [1.29, 1.82) is 0 Å². The monoisotopic (exact) mass is 323 g/mol. The molecular weight excluding hydrogens is 315 g/mol. The molecule has 6 nitrogen and oxygen atoms in total. The minimum absolute atomic E-state index is 0.0393. The van der Waals surface area contributed by atoms with E-state index in [9.17, 15) is 18.0 Å². The zero-order chi connectivity index (χ0) is 16.4. The van der Waals surface area contributed by atoms with Crippen molar-refractivity contribution in [2.24, 2.45) is 0 Å². The Balaban J connectivity index is 1.84. The van der Waals surface area contributed by atoms with Crippen LogP contribution in [0.15, 0.2) is 51.5 Å². The molecule has 0 fully saturated rings. The largest absolute Gasteiger partial charge is 0.471 e. The van der Waals surface area contributed by atoms with Crippen LogP contribution in [-0.2, 0) is 4.79 Å². The Labute approximate surface area is 126 Å². The van der Waals surface area contributed by atoms with Crippen molar-refractivity contribution in [1.82, 2.24) is 10.2 Å². The van der Waals surface area contributed by atoms with E-state index in [2.05, 4.69) is 10.2 Å². The molecular formula is C14H8F3N3O3. The van der Waals surface area contributed by atoms with E-state index in [0.717, 1.165) is 0 Å². The van der Waals surface area contributed by atoms with Gasteiger partial charge in [-0.2, -0.15) is 13.2 Å². The second kappa shape index (κ2) is 5.59. The van der Waals surface area contributed by atoms with Crippen LogP contribution in [0.4, 0.5) is 18.9 Å². The Morgan fingerprint density at radius 1 is 1.09 bits per heavy atom. The van der Waals surface area contributed by atoms with E-state index in [1.165, 1.54) is 24.5 Å². The molecule has 1 amide bonds. The van der Waals surface area contributed by atoms with Crippen LogP contribution in [0.5, 0.6) is 0 Å². The van der Waals surface area contributed by atoms with Crippen LogP contribution in [0, 0.1) is 0 Å². The van der Waals surface area contributed by atoms with Crippen molar-refractivity contribution >= 4 is 11.6 Å². The second-order valence-electron chi connectivity index (χ2n) is 4.42. The molecule has 0 spiro atoms. The van der Waals surface area contributed by atoms with E-state index >= 15 is 0 Å². The molecule has 0 aliphatic carbocycles. The topological polar surface area (TPSA) is 81.2 Å². The fraction of sp³-hybridized carbons (Fsp3) is 0.0714. The van der Waals surface area contributed by atoms with Crippen molar-refractivity contribution in [3.8, 4) is 23.1 Å². The number of rotatable bonds is 3. The predicted molar refractivity (Wildman–Crippen MR) is 72.1 cm³/mol. The van der Waals surface area contributed by atoms with Crippen LogP contribution >= 0.6 is 0 Å². The molecule has 0 unspecified atom stereocenters. The number of carbonyl (C=O) groups excluding carboxylic acids is 1. The van der Waals surface area contributed by atoms with E-state index in [0.29, 0.717) is 11.3 Å². The molecule has 0 bridgehead atoms. The summed E-state index contributed by atoms with van der Waals surface area (Å²) in [6, 6.07) is 8.89. The highest BCUT2D eigenvalue weighted by atomic mass is 19.4. The van der Waals surface area contributed by atoms with Gasteiger partial charge in [0.1, 0.15) is 0 Å². The maximum absolute atomic E-state index is 12.3. The third kappa shape index (κ3) is 3.23. The number of furan rings is 1. The minimum atomic E-state index is -4.97. The minimum Gasteiger partial charge on any atom is -0.459 e. The maximum atomic E-state index is 12.3. The fourth-order valence-electron chi connectivity index (χ4n) is 1.77. The Morgan fingerprint density at radius 3 is 2.57 bits per heavy atom. The quantitative estimate of drug-likeness (QED) is 0.798. The number of nitrogens with one attached hydrogen (secondary N) is 1. The molecule has 1 aromatic carbocycles. The number of carbonyl (C=O) groups is 1. The lowest BCUT2D eigenvalue weighted by molar-refractivity contribution is -0.167. The van der Waals surface area contributed by atoms with Gasteiger partial charge in [-0.05, 0) is 30.3 Å². The third-order valence-electron chi connectivity index (χ3n) is 2.78. The Morgan fingerprint density at radius 2 is 1.87 bits per heavy atom. The summed E-state index contributed by atoms with van der Waals surface area (Å²) < 4.78 is 47.3. The molecule has 0 saturated heterocycles. The highest BCUT2D eigenvalue weighted by Gasteiger charge is 2.38. The summed E-state index contributed by atoms with van der Waals surface area (Å²) in [6.07, 6.45) is -3.53. The highest BCUT2D eigenvalue weighted by molar-refractivity contribution is 5.95. The molecule has 0 aliphatic heterocycles. The SMILES string of the molecule is O=C(Nc1cccc(-c2nnc(-c3ccco3)o2)c1)C(F)(F)F. The molecule has 2 heterocycles. The summed E-state index contributed by atoms with van der Waals surface area (Å²) >= 11 is 0. The van der Waals surface area contributed by atoms with Crippen LogP contribution < -0.4 is 5.32 Å². The molecule has 0 aliphatic rings. The Kier molecular flexibility index (Phi) is 3.61. The van der Waals surface area contributed by atoms with Crippen molar-refractivity contribution in [2.75, 3.05) is 5.32 Å². The molecule has 0 atom stereocenters. The number of nitrogens with zero attached hydrogens (tertiary/aromatic N) is 2. The van der Waals surface area contributed by atoms with Gasteiger partial charge in [0, 0.05) is 11.3 Å². The standard InChI is InChI=1S/C14H8F3N3O3/c15-14(16,17)13(21)18-9-4-1-3-8(7-9)11-19-20-12(23-11)10-5-2-6-22-10/h1-7H,(H,18,21). The van der Waals surface area contributed by atoms with Crippen molar-refractivity contribution in [3.05, 3.63) is 42.7 Å². The molecule has 23 heavy (non-hydrogen) atoms. The first-order valence-corrected chi connectivity index (χ1v) is 6.29. The molecule has 3 rings (SSSR count). The summed E-state index contributed by atoms with van der Waals surface area (Å²) in [7, 11) is 0. The van der Waals surface area contributed by atoms with Crippen LogP contribution in [0.3, 0.4) is 0 Å². The van der Waals surface area contributed by atoms with Crippen LogP contribution in [0.1, 0.15) is 0 Å².